The molecule has 0 spiro atoms. The number of hydrogen-bond donors (Lipinski definition) is 2. The van der Waals surface area contributed by atoms with E-state index in [1.54, 1.807) is 13.0 Å². The maximum atomic E-state index is 12.2. The van der Waals surface area contributed by atoms with E-state index >= 15 is 0 Å². The van der Waals surface area contributed by atoms with Crippen molar-refractivity contribution >= 4 is 22.4 Å². The predicted octanol–water partition coefficient (Wildman–Crippen LogP) is 0.929. The van der Waals surface area contributed by atoms with Crippen LogP contribution in [0.4, 0.5) is 0 Å². The Morgan fingerprint density at radius 3 is 2.74 bits per heavy atom. The fourth-order valence-electron chi connectivity index (χ4n) is 2.06. The Morgan fingerprint density at radius 1 is 1.47 bits per heavy atom. The summed E-state index contributed by atoms with van der Waals surface area (Å²) in [6.45, 7) is 3.19. The average molecular weight is 302 g/mol. The molecule has 0 radical (unpaired) electrons. The molecule has 1 heterocycles. The molecule has 1 atom stereocenters. The zero-order valence-electron chi connectivity index (χ0n) is 10.5. The highest BCUT2D eigenvalue weighted by Gasteiger charge is 2.23. The molecule has 5 nitrogen and oxygen atoms in total. The van der Waals surface area contributed by atoms with Crippen LogP contribution in [0.15, 0.2) is 23.1 Å². The number of nitrogens with one attached hydrogen (secondary N) is 2. The fourth-order valence-corrected chi connectivity index (χ4v) is 3.56. The van der Waals surface area contributed by atoms with Gasteiger partial charge in [-0.2, -0.15) is 5.26 Å². The van der Waals surface area contributed by atoms with Gasteiger partial charge in [0.1, 0.15) is 0 Å². The Labute approximate surface area is 119 Å². The normalized spacial score (nSPS) is 18.6. The Hall–Kier alpha value is -1.13. The molecule has 2 N–H and O–H groups in total. The van der Waals surface area contributed by atoms with Gasteiger partial charge in [0.05, 0.1) is 16.5 Å². The van der Waals surface area contributed by atoms with E-state index in [0.29, 0.717) is 17.7 Å². The van der Waals surface area contributed by atoms with E-state index in [4.69, 9.17) is 5.26 Å². The van der Waals surface area contributed by atoms with E-state index in [2.05, 4.69) is 10.0 Å². The van der Waals surface area contributed by atoms with Crippen LogP contribution in [0.2, 0.25) is 0 Å². The van der Waals surface area contributed by atoms with Crippen molar-refractivity contribution in [3.63, 3.8) is 0 Å². The minimum atomic E-state index is -3.50. The summed E-state index contributed by atoms with van der Waals surface area (Å²) in [5, 5.41) is 11.9. The molecule has 2 rings (SSSR count). The third-order valence-electron chi connectivity index (χ3n) is 2.98. The topological polar surface area (TPSA) is 82.0 Å². The maximum Gasteiger partial charge on any atom is 0.241 e. The molecule has 1 aliphatic heterocycles. The summed E-state index contributed by atoms with van der Waals surface area (Å²) in [6, 6.07) is 6.54. The molecule has 1 aliphatic rings. The van der Waals surface area contributed by atoms with Gasteiger partial charge in [0.2, 0.25) is 10.0 Å². The summed E-state index contributed by atoms with van der Waals surface area (Å²) in [5.74, 6) is 0. The van der Waals surface area contributed by atoms with Crippen molar-refractivity contribution in [2.24, 2.45) is 0 Å². The maximum absolute atomic E-state index is 12.2. The van der Waals surface area contributed by atoms with Crippen LogP contribution in [0, 0.1) is 18.3 Å². The Bertz CT molecular complexity index is 589. The Kier molecular flexibility index (Phi) is 5.32. The minimum absolute atomic E-state index is 0. The number of aryl methyl sites for hydroxylation is 1. The van der Waals surface area contributed by atoms with Crippen LogP contribution < -0.4 is 10.0 Å². The first kappa shape index (κ1) is 15.9. The molecular formula is C12H16ClN3O2S. The van der Waals surface area contributed by atoms with Gasteiger partial charge in [-0.15, -0.1) is 12.4 Å². The molecule has 0 aliphatic carbocycles. The molecule has 0 saturated carbocycles. The van der Waals surface area contributed by atoms with Gasteiger partial charge in [-0.05, 0) is 43.7 Å². The number of halogens is 1. The third-order valence-corrected chi connectivity index (χ3v) is 4.66. The lowest BCUT2D eigenvalue weighted by molar-refractivity contribution is 0.559. The van der Waals surface area contributed by atoms with E-state index < -0.39 is 10.0 Å². The standard InChI is InChI=1S/C12H15N3O2S.ClH/c1-9-6-10(7-13)2-3-12(9)18(16,17)15-11-4-5-14-8-11;/h2-3,6,11,14-15H,4-5,8H2,1H3;1H. The lowest BCUT2D eigenvalue weighted by atomic mass is 10.2. The van der Waals surface area contributed by atoms with E-state index in [0.717, 1.165) is 13.0 Å². The van der Waals surface area contributed by atoms with E-state index in [1.165, 1.54) is 12.1 Å². The van der Waals surface area contributed by atoms with Crippen molar-refractivity contribution in [1.82, 2.24) is 10.0 Å². The lowest BCUT2D eigenvalue weighted by Crippen LogP contribution is -2.36. The van der Waals surface area contributed by atoms with Crippen molar-refractivity contribution in [2.75, 3.05) is 13.1 Å². The first-order valence-corrected chi connectivity index (χ1v) is 7.25. The van der Waals surface area contributed by atoms with Crippen LogP contribution in [-0.2, 0) is 10.0 Å². The van der Waals surface area contributed by atoms with E-state index in [1.807, 2.05) is 6.07 Å². The van der Waals surface area contributed by atoms with Gasteiger partial charge < -0.3 is 5.32 Å². The minimum Gasteiger partial charge on any atom is -0.315 e. The molecule has 0 amide bonds. The first-order chi connectivity index (χ1) is 8.53. The fraction of sp³-hybridized carbons (Fsp3) is 0.417. The Balaban J connectivity index is 0.00000180. The van der Waals surface area contributed by atoms with Gasteiger partial charge >= 0.3 is 0 Å². The SMILES string of the molecule is Cc1cc(C#N)ccc1S(=O)(=O)NC1CCNC1.Cl. The van der Waals surface area contributed by atoms with Gasteiger partial charge in [-0.1, -0.05) is 0 Å². The summed E-state index contributed by atoms with van der Waals surface area (Å²) in [7, 11) is -3.50. The highest BCUT2D eigenvalue weighted by atomic mass is 35.5. The third kappa shape index (κ3) is 3.67. The average Bonchev–Trinajstić information content (AvgIpc) is 2.80. The summed E-state index contributed by atoms with van der Waals surface area (Å²) < 4.78 is 27.1. The molecule has 1 aromatic rings. The summed E-state index contributed by atoms with van der Waals surface area (Å²) in [5.41, 5.74) is 1.06. The number of rotatable bonds is 3. The van der Waals surface area contributed by atoms with Crippen LogP contribution in [0.5, 0.6) is 0 Å². The first-order valence-electron chi connectivity index (χ1n) is 5.77. The van der Waals surface area contributed by atoms with E-state index in [-0.39, 0.29) is 23.3 Å². The van der Waals surface area contributed by atoms with Crippen molar-refractivity contribution in [2.45, 2.75) is 24.3 Å². The zero-order valence-corrected chi connectivity index (χ0v) is 12.1. The highest BCUT2D eigenvalue weighted by Crippen LogP contribution is 2.17. The van der Waals surface area contributed by atoms with Crippen LogP contribution in [0.25, 0.3) is 0 Å². The van der Waals surface area contributed by atoms with Crippen molar-refractivity contribution in [3.05, 3.63) is 29.3 Å². The molecule has 104 valence electrons. The Morgan fingerprint density at radius 2 is 2.21 bits per heavy atom. The smallest absolute Gasteiger partial charge is 0.241 e. The van der Waals surface area contributed by atoms with Crippen LogP contribution >= 0.6 is 12.4 Å². The molecular weight excluding hydrogens is 286 g/mol. The van der Waals surface area contributed by atoms with Gasteiger partial charge in [0, 0.05) is 12.6 Å². The van der Waals surface area contributed by atoms with Gasteiger partial charge in [0.25, 0.3) is 0 Å². The number of sulfonamides is 1. The molecule has 19 heavy (non-hydrogen) atoms. The second-order valence-corrected chi connectivity index (χ2v) is 6.09. The summed E-state index contributed by atoms with van der Waals surface area (Å²) in [6.07, 6.45) is 0.800. The molecule has 1 saturated heterocycles. The van der Waals surface area contributed by atoms with Crippen LogP contribution in [-0.4, -0.2) is 27.5 Å². The molecule has 1 unspecified atom stereocenters. The zero-order chi connectivity index (χ0) is 13.2. The number of hydrogen-bond acceptors (Lipinski definition) is 4. The molecule has 1 fully saturated rings. The van der Waals surface area contributed by atoms with Gasteiger partial charge in [-0.3, -0.25) is 0 Å². The van der Waals surface area contributed by atoms with Crippen molar-refractivity contribution in [3.8, 4) is 6.07 Å². The van der Waals surface area contributed by atoms with Crippen molar-refractivity contribution < 1.29 is 8.42 Å². The van der Waals surface area contributed by atoms with E-state index in [9.17, 15) is 8.42 Å². The molecule has 0 bridgehead atoms. The molecule has 1 aromatic carbocycles. The lowest BCUT2D eigenvalue weighted by Gasteiger charge is -2.13. The van der Waals surface area contributed by atoms with Gasteiger partial charge in [-0.25, -0.2) is 13.1 Å². The monoisotopic (exact) mass is 301 g/mol. The quantitative estimate of drug-likeness (QED) is 0.870. The second kappa shape index (κ2) is 6.35. The van der Waals surface area contributed by atoms with Crippen LogP contribution in [0.1, 0.15) is 17.5 Å². The number of benzene rings is 1. The number of nitriles is 1. The second-order valence-electron chi connectivity index (χ2n) is 4.40. The molecule has 0 aromatic heterocycles. The number of nitrogens with zero attached hydrogens (tertiary/aromatic N) is 1. The van der Waals surface area contributed by atoms with Crippen molar-refractivity contribution in [1.29, 1.82) is 5.26 Å². The predicted molar refractivity (Wildman–Crippen MR) is 74.7 cm³/mol. The van der Waals surface area contributed by atoms with Crippen LogP contribution in [0.3, 0.4) is 0 Å². The highest BCUT2D eigenvalue weighted by molar-refractivity contribution is 7.89. The largest absolute Gasteiger partial charge is 0.315 e. The van der Waals surface area contributed by atoms with Gasteiger partial charge in [0.15, 0.2) is 0 Å². The summed E-state index contributed by atoms with van der Waals surface area (Å²) >= 11 is 0. The molecule has 7 heteroatoms. The summed E-state index contributed by atoms with van der Waals surface area (Å²) in [4.78, 5) is 0.244.